The molecule has 1 fully saturated rings. The van der Waals surface area contributed by atoms with E-state index in [4.69, 9.17) is 5.73 Å². The quantitative estimate of drug-likeness (QED) is 0.604. The van der Waals surface area contributed by atoms with E-state index in [2.05, 4.69) is 10.3 Å². The van der Waals surface area contributed by atoms with E-state index in [1.165, 1.54) is 12.1 Å². The second-order valence-corrected chi connectivity index (χ2v) is 4.33. The lowest BCUT2D eigenvalue weighted by Crippen LogP contribution is -2.40. The predicted molar refractivity (Wildman–Crippen MR) is 70.0 cm³/mol. The van der Waals surface area contributed by atoms with Crippen LogP contribution in [0.15, 0.2) is 12.1 Å². The summed E-state index contributed by atoms with van der Waals surface area (Å²) in [6, 6.07) is 2.26. The zero-order chi connectivity index (χ0) is 14.0. The van der Waals surface area contributed by atoms with Crippen LogP contribution in [-0.2, 0) is 4.79 Å². The fourth-order valence-corrected chi connectivity index (χ4v) is 2.22. The topological polar surface area (TPSA) is 114 Å². The average molecular weight is 265 g/mol. The molecule has 2 rings (SSSR count). The molecule has 3 N–H and O–H groups in total. The summed E-state index contributed by atoms with van der Waals surface area (Å²) in [6.45, 7) is 0.616. The number of nitrogens with one attached hydrogen (secondary N) is 1. The monoisotopic (exact) mass is 265 g/mol. The van der Waals surface area contributed by atoms with Crippen LogP contribution in [0.1, 0.15) is 12.8 Å². The molecule has 1 unspecified atom stereocenters. The van der Waals surface area contributed by atoms with E-state index >= 15 is 0 Å². The van der Waals surface area contributed by atoms with Gasteiger partial charge in [0.25, 0.3) is 5.69 Å². The first-order valence-electron chi connectivity index (χ1n) is 5.93. The molecule has 1 aromatic heterocycles. The highest BCUT2D eigenvalue weighted by Gasteiger charge is 2.31. The Morgan fingerprint density at radius 3 is 2.95 bits per heavy atom. The smallest absolute Gasteiger partial charge is 0.276 e. The van der Waals surface area contributed by atoms with Crippen molar-refractivity contribution in [3.63, 3.8) is 0 Å². The molecule has 1 atom stereocenters. The van der Waals surface area contributed by atoms with Gasteiger partial charge >= 0.3 is 0 Å². The second kappa shape index (κ2) is 5.09. The third-order valence-electron chi connectivity index (χ3n) is 3.14. The van der Waals surface area contributed by atoms with Crippen molar-refractivity contribution in [2.75, 3.05) is 23.8 Å². The number of hydrogen-bond acceptors (Lipinski definition) is 6. The molecule has 0 bridgehead atoms. The van der Waals surface area contributed by atoms with Crippen molar-refractivity contribution < 1.29 is 9.72 Å². The van der Waals surface area contributed by atoms with Gasteiger partial charge in [0.15, 0.2) is 0 Å². The Bertz CT molecular complexity index is 519. The molecule has 102 valence electrons. The molecule has 19 heavy (non-hydrogen) atoms. The van der Waals surface area contributed by atoms with Crippen LogP contribution in [0.3, 0.4) is 0 Å². The van der Waals surface area contributed by atoms with Gasteiger partial charge in [-0.05, 0) is 12.8 Å². The standard InChI is InChI=1S/C11H15N5O3/c1-13-9-5-7(16(18)19)6-10(14-9)15-4-2-3-8(15)11(12)17/h5-6,8H,2-4H2,1H3,(H2,12,17)(H,13,14). The number of nitrogens with two attached hydrogens (primary N) is 1. The van der Waals surface area contributed by atoms with Crippen molar-refractivity contribution >= 4 is 23.2 Å². The molecular formula is C11H15N5O3. The summed E-state index contributed by atoms with van der Waals surface area (Å²) in [7, 11) is 1.63. The first-order valence-corrected chi connectivity index (χ1v) is 5.93. The molecule has 8 nitrogen and oxygen atoms in total. The van der Waals surface area contributed by atoms with Crippen molar-refractivity contribution in [2.24, 2.45) is 5.73 Å². The van der Waals surface area contributed by atoms with Gasteiger partial charge in [0.2, 0.25) is 5.91 Å². The number of amides is 1. The van der Waals surface area contributed by atoms with Crippen molar-refractivity contribution in [2.45, 2.75) is 18.9 Å². The lowest BCUT2D eigenvalue weighted by molar-refractivity contribution is -0.384. The van der Waals surface area contributed by atoms with Gasteiger partial charge in [-0.1, -0.05) is 0 Å². The van der Waals surface area contributed by atoms with Crippen LogP contribution in [0.5, 0.6) is 0 Å². The molecule has 1 saturated heterocycles. The van der Waals surface area contributed by atoms with Crippen LogP contribution < -0.4 is 16.0 Å². The Kier molecular flexibility index (Phi) is 3.50. The van der Waals surface area contributed by atoms with Crippen molar-refractivity contribution in [1.29, 1.82) is 0 Å². The Balaban J connectivity index is 2.40. The maximum absolute atomic E-state index is 11.4. The van der Waals surface area contributed by atoms with E-state index < -0.39 is 16.9 Å². The zero-order valence-corrected chi connectivity index (χ0v) is 10.5. The summed E-state index contributed by atoms with van der Waals surface area (Å²) in [5, 5.41) is 13.7. The highest BCUT2D eigenvalue weighted by molar-refractivity contribution is 5.84. The van der Waals surface area contributed by atoms with Crippen LogP contribution in [0, 0.1) is 10.1 Å². The first-order chi connectivity index (χ1) is 9.02. The predicted octanol–water partition coefficient (Wildman–Crippen LogP) is 0.486. The zero-order valence-electron chi connectivity index (χ0n) is 10.5. The third-order valence-corrected chi connectivity index (χ3v) is 3.14. The molecule has 0 radical (unpaired) electrons. The molecule has 1 aliphatic rings. The van der Waals surface area contributed by atoms with E-state index in [9.17, 15) is 14.9 Å². The van der Waals surface area contributed by atoms with E-state index in [-0.39, 0.29) is 5.69 Å². The number of primary amides is 1. The summed E-state index contributed by atoms with van der Waals surface area (Å²) in [4.78, 5) is 27.7. The fourth-order valence-electron chi connectivity index (χ4n) is 2.22. The number of hydrogen-bond donors (Lipinski definition) is 2. The van der Waals surface area contributed by atoms with Crippen molar-refractivity contribution in [3.05, 3.63) is 22.2 Å². The Hall–Kier alpha value is -2.38. The van der Waals surface area contributed by atoms with E-state index in [0.717, 1.165) is 6.42 Å². The van der Waals surface area contributed by atoms with Crippen molar-refractivity contribution in [1.82, 2.24) is 4.98 Å². The minimum atomic E-state index is -0.485. The van der Waals surface area contributed by atoms with Crippen LogP contribution >= 0.6 is 0 Å². The first kappa shape index (κ1) is 13.1. The molecule has 0 aliphatic carbocycles. The Morgan fingerprint density at radius 2 is 2.37 bits per heavy atom. The summed E-state index contributed by atoms with van der Waals surface area (Å²) in [5.74, 6) is 0.357. The Morgan fingerprint density at radius 1 is 1.63 bits per heavy atom. The second-order valence-electron chi connectivity index (χ2n) is 4.33. The molecule has 8 heteroatoms. The highest BCUT2D eigenvalue weighted by Crippen LogP contribution is 2.28. The summed E-state index contributed by atoms with van der Waals surface area (Å²) in [6.07, 6.45) is 1.46. The van der Waals surface area contributed by atoms with Gasteiger partial charge in [-0.2, -0.15) is 0 Å². The number of nitro groups is 1. The summed E-state index contributed by atoms with van der Waals surface area (Å²) >= 11 is 0. The number of nitrogens with zero attached hydrogens (tertiary/aromatic N) is 3. The van der Waals surface area contributed by atoms with Crippen LogP contribution in [0.2, 0.25) is 0 Å². The van der Waals surface area contributed by atoms with Crippen LogP contribution in [0.25, 0.3) is 0 Å². The lowest BCUT2D eigenvalue weighted by atomic mass is 10.2. The largest absolute Gasteiger partial charge is 0.373 e. The minimum Gasteiger partial charge on any atom is -0.373 e. The molecule has 1 aromatic rings. The van der Waals surface area contributed by atoms with Crippen molar-refractivity contribution in [3.8, 4) is 0 Å². The van der Waals surface area contributed by atoms with E-state index in [0.29, 0.717) is 24.6 Å². The number of carbonyl (C=O) groups is 1. The van der Waals surface area contributed by atoms with Gasteiger partial charge in [0.1, 0.15) is 17.7 Å². The summed E-state index contributed by atoms with van der Waals surface area (Å²) < 4.78 is 0. The van der Waals surface area contributed by atoms with Gasteiger partial charge < -0.3 is 16.0 Å². The van der Waals surface area contributed by atoms with Crippen LogP contribution in [0.4, 0.5) is 17.3 Å². The number of aromatic nitrogens is 1. The third kappa shape index (κ3) is 2.56. The molecule has 1 aliphatic heterocycles. The SMILES string of the molecule is CNc1cc([N+](=O)[O-])cc(N2CCCC2C(N)=O)n1. The number of pyridine rings is 1. The number of rotatable bonds is 4. The number of anilines is 2. The maximum atomic E-state index is 11.4. The molecule has 1 amide bonds. The molecule has 0 spiro atoms. The maximum Gasteiger partial charge on any atom is 0.276 e. The van der Waals surface area contributed by atoms with Gasteiger partial charge in [0, 0.05) is 13.6 Å². The average Bonchev–Trinajstić information content (AvgIpc) is 2.87. The van der Waals surface area contributed by atoms with Gasteiger partial charge in [-0.15, -0.1) is 0 Å². The molecular weight excluding hydrogens is 250 g/mol. The van der Waals surface area contributed by atoms with Gasteiger partial charge in [-0.25, -0.2) is 4.98 Å². The Labute approximate surface area is 109 Å². The lowest BCUT2D eigenvalue weighted by Gasteiger charge is -2.23. The molecule has 0 aromatic carbocycles. The van der Waals surface area contributed by atoms with Gasteiger partial charge in [0.05, 0.1) is 17.1 Å². The normalized spacial score (nSPS) is 18.4. The van der Waals surface area contributed by atoms with E-state index in [1.54, 1.807) is 11.9 Å². The fraction of sp³-hybridized carbons (Fsp3) is 0.455. The minimum absolute atomic E-state index is 0.0653. The van der Waals surface area contributed by atoms with Crippen LogP contribution in [-0.4, -0.2) is 35.4 Å². The highest BCUT2D eigenvalue weighted by atomic mass is 16.6. The summed E-state index contributed by atoms with van der Waals surface area (Å²) in [5.41, 5.74) is 5.27. The van der Waals surface area contributed by atoms with E-state index in [1.807, 2.05) is 0 Å². The number of carbonyl (C=O) groups excluding carboxylic acids is 1. The molecule has 0 saturated carbocycles. The van der Waals surface area contributed by atoms with Gasteiger partial charge in [-0.3, -0.25) is 14.9 Å². The molecule has 2 heterocycles.